The van der Waals surface area contributed by atoms with Gasteiger partial charge in [-0.15, -0.1) is 0 Å². The molecule has 2 atom stereocenters. The number of pyridine rings is 1. The van der Waals surface area contributed by atoms with Crippen molar-refractivity contribution in [1.29, 1.82) is 5.26 Å². The van der Waals surface area contributed by atoms with Crippen LogP contribution in [0.15, 0.2) is 18.3 Å². The predicted molar refractivity (Wildman–Crippen MR) is 67.5 cm³/mol. The van der Waals surface area contributed by atoms with Crippen LogP contribution in [0, 0.1) is 17.2 Å². The molecule has 90 valence electrons. The largest absolute Gasteiger partial charge is 0.354 e. The van der Waals surface area contributed by atoms with Gasteiger partial charge in [-0.1, -0.05) is 13.3 Å². The van der Waals surface area contributed by atoms with Gasteiger partial charge in [0, 0.05) is 25.3 Å². The van der Waals surface area contributed by atoms with Crippen molar-refractivity contribution >= 4 is 5.82 Å². The second-order valence-corrected chi connectivity index (χ2v) is 4.60. The van der Waals surface area contributed by atoms with Crippen LogP contribution in [0.4, 0.5) is 5.82 Å². The van der Waals surface area contributed by atoms with Gasteiger partial charge in [0.15, 0.2) is 0 Å². The second-order valence-electron chi connectivity index (χ2n) is 4.60. The van der Waals surface area contributed by atoms with Crippen LogP contribution in [0.1, 0.15) is 25.3 Å². The third kappa shape index (κ3) is 2.40. The van der Waals surface area contributed by atoms with E-state index in [1.54, 1.807) is 18.3 Å². The number of rotatable bonds is 3. The Morgan fingerprint density at radius 1 is 1.59 bits per heavy atom. The molecule has 0 unspecified atom stereocenters. The Kier molecular flexibility index (Phi) is 3.60. The standard InChI is InChI=1S/C13H18N4/c1-2-4-11-8-17(9-12(11)15)13-10(7-14)5-3-6-16-13/h3,5-6,11-12H,2,4,8-9,15H2,1H3/t11-,12-/m1/s1. The predicted octanol–water partition coefficient (Wildman–Crippen LogP) is 1.52. The summed E-state index contributed by atoms with van der Waals surface area (Å²) in [6.45, 7) is 3.90. The van der Waals surface area contributed by atoms with Crippen molar-refractivity contribution in [3.63, 3.8) is 0 Å². The molecule has 4 heteroatoms. The summed E-state index contributed by atoms with van der Waals surface area (Å²) >= 11 is 0. The minimum atomic E-state index is 0.198. The summed E-state index contributed by atoms with van der Waals surface area (Å²) in [7, 11) is 0. The monoisotopic (exact) mass is 230 g/mol. The molecule has 1 aliphatic rings. The van der Waals surface area contributed by atoms with E-state index in [1.807, 2.05) is 0 Å². The SMILES string of the molecule is CCC[C@@H]1CN(c2ncccc2C#N)C[C@H]1N. The summed E-state index contributed by atoms with van der Waals surface area (Å²) in [5.41, 5.74) is 6.77. The van der Waals surface area contributed by atoms with E-state index in [4.69, 9.17) is 11.0 Å². The van der Waals surface area contributed by atoms with Crippen LogP contribution in [0.2, 0.25) is 0 Å². The second kappa shape index (κ2) is 5.15. The van der Waals surface area contributed by atoms with Crippen LogP contribution < -0.4 is 10.6 Å². The average molecular weight is 230 g/mol. The van der Waals surface area contributed by atoms with Crippen molar-refractivity contribution in [2.75, 3.05) is 18.0 Å². The van der Waals surface area contributed by atoms with Crippen LogP contribution >= 0.6 is 0 Å². The number of aromatic nitrogens is 1. The van der Waals surface area contributed by atoms with Gasteiger partial charge in [-0.2, -0.15) is 5.26 Å². The maximum Gasteiger partial charge on any atom is 0.146 e. The molecule has 1 aromatic rings. The van der Waals surface area contributed by atoms with Crippen LogP contribution in [0.25, 0.3) is 0 Å². The molecule has 0 aliphatic carbocycles. The Morgan fingerprint density at radius 2 is 2.41 bits per heavy atom. The molecule has 1 fully saturated rings. The highest BCUT2D eigenvalue weighted by atomic mass is 15.2. The van der Waals surface area contributed by atoms with Crippen molar-refractivity contribution < 1.29 is 0 Å². The molecule has 1 aliphatic heterocycles. The van der Waals surface area contributed by atoms with Crippen molar-refractivity contribution in [3.05, 3.63) is 23.9 Å². The summed E-state index contributed by atoms with van der Waals surface area (Å²) in [5.74, 6) is 1.30. The Bertz CT molecular complexity index is 424. The van der Waals surface area contributed by atoms with Gasteiger partial charge in [0.25, 0.3) is 0 Å². The van der Waals surface area contributed by atoms with Gasteiger partial charge in [-0.25, -0.2) is 4.98 Å². The quantitative estimate of drug-likeness (QED) is 0.855. The van der Waals surface area contributed by atoms with Crippen molar-refractivity contribution in [2.45, 2.75) is 25.8 Å². The van der Waals surface area contributed by atoms with Gasteiger partial charge in [-0.3, -0.25) is 0 Å². The lowest BCUT2D eigenvalue weighted by atomic mass is 9.99. The zero-order valence-corrected chi connectivity index (χ0v) is 10.1. The smallest absolute Gasteiger partial charge is 0.146 e. The third-order valence-electron chi connectivity index (χ3n) is 3.36. The van der Waals surface area contributed by atoms with Crippen LogP contribution in [0.3, 0.4) is 0 Å². The highest BCUT2D eigenvalue weighted by Gasteiger charge is 2.30. The fourth-order valence-corrected chi connectivity index (χ4v) is 2.48. The summed E-state index contributed by atoms with van der Waals surface area (Å²) in [4.78, 5) is 6.45. The lowest BCUT2D eigenvalue weighted by Gasteiger charge is -2.18. The molecule has 0 aromatic carbocycles. The average Bonchev–Trinajstić information content (AvgIpc) is 2.71. The fraction of sp³-hybridized carbons (Fsp3) is 0.538. The lowest BCUT2D eigenvalue weighted by Crippen LogP contribution is -2.29. The topological polar surface area (TPSA) is 65.9 Å². The van der Waals surface area contributed by atoms with E-state index in [0.29, 0.717) is 11.5 Å². The van der Waals surface area contributed by atoms with E-state index in [-0.39, 0.29) is 6.04 Å². The number of hydrogen-bond acceptors (Lipinski definition) is 4. The molecule has 1 aromatic heterocycles. The van der Waals surface area contributed by atoms with E-state index in [0.717, 1.165) is 31.7 Å². The van der Waals surface area contributed by atoms with E-state index < -0.39 is 0 Å². The number of nitrogens with two attached hydrogens (primary N) is 1. The van der Waals surface area contributed by atoms with E-state index in [9.17, 15) is 0 Å². The van der Waals surface area contributed by atoms with E-state index in [2.05, 4.69) is 22.9 Å². The van der Waals surface area contributed by atoms with Crippen LogP contribution in [0.5, 0.6) is 0 Å². The molecule has 2 N–H and O–H groups in total. The summed E-state index contributed by atoms with van der Waals surface area (Å²) in [6, 6.07) is 5.99. The lowest BCUT2D eigenvalue weighted by molar-refractivity contribution is 0.472. The molecular weight excluding hydrogens is 212 g/mol. The molecule has 0 bridgehead atoms. The fourth-order valence-electron chi connectivity index (χ4n) is 2.48. The molecule has 17 heavy (non-hydrogen) atoms. The Labute approximate surface area is 102 Å². The number of hydrogen-bond donors (Lipinski definition) is 1. The highest BCUT2D eigenvalue weighted by molar-refractivity contribution is 5.54. The molecule has 2 rings (SSSR count). The molecule has 0 saturated carbocycles. The maximum atomic E-state index is 9.07. The third-order valence-corrected chi connectivity index (χ3v) is 3.36. The highest BCUT2D eigenvalue weighted by Crippen LogP contribution is 2.26. The van der Waals surface area contributed by atoms with Crippen LogP contribution in [-0.4, -0.2) is 24.1 Å². The van der Waals surface area contributed by atoms with E-state index in [1.165, 1.54) is 0 Å². The van der Waals surface area contributed by atoms with Gasteiger partial charge >= 0.3 is 0 Å². The van der Waals surface area contributed by atoms with Crippen molar-refractivity contribution in [1.82, 2.24) is 4.98 Å². The Hall–Kier alpha value is -1.60. The summed E-state index contributed by atoms with van der Waals surface area (Å²) in [5, 5.41) is 9.07. The van der Waals surface area contributed by atoms with Gasteiger partial charge < -0.3 is 10.6 Å². The van der Waals surface area contributed by atoms with Crippen molar-refractivity contribution in [3.8, 4) is 6.07 Å². The normalized spacial score (nSPS) is 23.7. The van der Waals surface area contributed by atoms with Crippen molar-refractivity contribution in [2.24, 2.45) is 11.7 Å². The molecular formula is C13H18N4. The van der Waals surface area contributed by atoms with Gasteiger partial charge in [0.1, 0.15) is 11.9 Å². The van der Waals surface area contributed by atoms with Gasteiger partial charge in [0.2, 0.25) is 0 Å². The molecule has 2 heterocycles. The minimum absolute atomic E-state index is 0.198. The molecule has 1 saturated heterocycles. The first-order chi connectivity index (χ1) is 8.26. The molecule has 0 spiro atoms. The Morgan fingerprint density at radius 3 is 3.12 bits per heavy atom. The number of nitriles is 1. The summed E-state index contributed by atoms with van der Waals surface area (Å²) < 4.78 is 0. The van der Waals surface area contributed by atoms with Crippen LogP contribution in [-0.2, 0) is 0 Å². The zero-order chi connectivity index (χ0) is 12.3. The zero-order valence-electron chi connectivity index (χ0n) is 10.1. The number of anilines is 1. The first-order valence-corrected chi connectivity index (χ1v) is 6.12. The maximum absolute atomic E-state index is 9.07. The number of nitrogens with zero attached hydrogens (tertiary/aromatic N) is 3. The van der Waals surface area contributed by atoms with Gasteiger partial charge in [0.05, 0.1) is 5.56 Å². The molecule has 0 amide bonds. The minimum Gasteiger partial charge on any atom is -0.354 e. The summed E-state index contributed by atoms with van der Waals surface area (Å²) in [6.07, 6.45) is 4.03. The van der Waals surface area contributed by atoms with Gasteiger partial charge in [-0.05, 0) is 24.5 Å². The first-order valence-electron chi connectivity index (χ1n) is 6.12. The Balaban J connectivity index is 2.17. The first kappa shape index (κ1) is 11.9. The van der Waals surface area contributed by atoms with E-state index >= 15 is 0 Å². The molecule has 0 radical (unpaired) electrons. The molecule has 4 nitrogen and oxygen atoms in total.